The number of rotatable bonds is 26. The molecule has 0 aliphatic rings. The summed E-state index contributed by atoms with van der Waals surface area (Å²) < 4.78 is 96.0. The first-order chi connectivity index (χ1) is 71.5. The number of nitrogens with zero attached hydrogens (tertiary/aromatic N) is 1. The molecule has 0 heterocycles. The van der Waals surface area contributed by atoms with Crippen molar-refractivity contribution >= 4 is 83.7 Å². The number of nitro groups is 1. The highest BCUT2D eigenvalue weighted by atomic mass is 32.2. The van der Waals surface area contributed by atoms with E-state index in [1.165, 1.54) is 127 Å². The molecule has 0 atom stereocenters. The number of benzene rings is 20. The summed E-state index contributed by atoms with van der Waals surface area (Å²) in [6, 6.07) is 171. The molecule has 20 rings (SSSR count). The van der Waals surface area contributed by atoms with E-state index < -0.39 is 28.4 Å². The van der Waals surface area contributed by atoms with E-state index in [0.29, 0.717) is 17.2 Å². The first-order valence-electron chi connectivity index (χ1n) is 47.1. The lowest BCUT2D eigenvalue weighted by molar-refractivity contribution is -0.385. The Hall–Kier alpha value is -15.0. The molecule has 20 aromatic carbocycles. The molecule has 0 fully saturated rings. The number of aryl methyl sites for hydroxylation is 5. The van der Waals surface area contributed by atoms with Crippen LogP contribution in [0.1, 0.15) is 38.9 Å². The van der Waals surface area contributed by atoms with Crippen LogP contribution in [0.2, 0.25) is 0 Å². The molecule has 7 nitrogen and oxygen atoms in total. The zero-order valence-corrected chi connectivity index (χ0v) is 86.4. The largest absolute Gasteiger partial charge is 0.508 e. The SMILES string of the molecule is Cc1cc([S+](c2ccccc2)c2ccccc2)ccc1Oc1ccccc1.Cc1cc([S+](c2ccccc2)c2ccccc2)ccc1Oc1ccccc1C(F)(F)F.Cc1cc([S+](c2ccccc2)c2ccccc2)ccc1Oc1ccccc1[N+](=O)[O-].Cc1cc([S+](c2ccccc2)c2ccccc2)ccc1Sc1ccc(C(F)(F)F)cc1.Cc1cc([S+](c2ccccc2)c2ccccc2)ccc1Sc1ccc(O)cc1. The number of alkyl halides is 6. The van der Waals surface area contributed by atoms with E-state index >= 15 is 0 Å². The van der Waals surface area contributed by atoms with Gasteiger partial charge < -0.3 is 19.3 Å². The molecule has 0 saturated heterocycles. The summed E-state index contributed by atoms with van der Waals surface area (Å²) in [5.41, 5.74) is 3.75. The minimum atomic E-state index is -4.47. The van der Waals surface area contributed by atoms with Crippen molar-refractivity contribution in [2.24, 2.45) is 0 Å². The first-order valence-corrected chi connectivity index (χ1v) is 54.8. The Morgan fingerprint density at radius 2 is 0.476 bits per heavy atom. The lowest BCUT2D eigenvalue weighted by Gasteiger charge is -2.15. The number of halogens is 6. The van der Waals surface area contributed by atoms with Crippen LogP contribution < -0.4 is 14.2 Å². The van der Waals surface area contributed by atoms with Crippen LogP contribution in [0, 0.1) is 44.7 Å². The van der Waals surface area contributed by atoms with Crippen LogP contribution in [0.5, 0.6) is 40.2 Å². The highest BCUT2D eigenvalue weighted by molar-refractivity contribution is 8.00. The fraction of sp³-hybridized carbons (Fsp3) is 0.0551. The molecule has 0 spiro atoms. The molecule has 0 radical (unpaired) electrons. The van der Waals surface area contributed by atoms with Gasteiger partial charge in [-0.1, -0.05) is 248 Å². The second-order valence-electron chi connectivity index (χ2n) is 33.4. The highest BCUT2D eigenvalue weighted by Gasteiger charge is 2.38. The maximum Gasteiger partial charge on any atom is 0.419 e. The normalized spacial score (nSPS) is 11.1. The lowest BCUT2D eigenvalue weighted by Crippen LogP contribution is -2.07. The molecule has 0 aromatic heterocycles. The third-order valence-electron chi connectivity index (χ3n) is 22.8. The summed E-state index contributed by atoms with van der Waals surface area (Å²) in [7, 11) is -1.08. The minimum absolute atomic E-state index is 0.0469. The predicted octanol–water partition coefficient (Wildman–Crippen LogP) is 36.8. The summed E-state index contributed by atoms with van der Waals surface area (Å²) in [6.07, 6.45) is -8.79. The Morgan fingerprint density at radius 3 is 0.748 bits per heavy atom. The second-order valence-corrected chi connectivity index (χ2v) is 45.7. The van der Waals surface area contributed by atoms with Crippen molar-refractivity contribution in [3.63, 3.8) is 0 Å². The molecule has 20 heteroatoms. The van der Waals surface area contributed by atoms with Crippen molar-refractivity contribution in [1.29, 1.82) is 0 Å². The molecular weight excluding hydrogens is 1970 g/mol. The van der Waals surface area contributed by atoms with Crippen LogP contribution in [0.4, 0.5) is 32.0 Å². The molecule has 0 aliphatic carbocycles. The Balaban J connectivity index is 0.000000131. The first kappa shape index (κ1) is 105. The molecule has 147 heavy (non-hydrogen) atoms. The van der Waals surface area contributed by atoms with E-state index in [4.69, 9.17) is 14.2 Å². The van der Waals surface area contributed by atoms with Crippen LogP contribution in [0.25, 0.3) is 0 Å². The number of phenols is 1. The van der Waals surface area contributed by atoms with E-state index in [-0.39, 0.29) is 71.7 Å². The summed E-state index contributed by atoms with van der Waals surface area (Å²) in [6.45, 7) is 10.1. The zero-order chi connectivity index (χ0) is 102. The monoisotopic (exact) mass is 2070 g/mol. The summed E-state index contributed by atoms with van der Waals surface area (Å²) in [5, 5.41) is 20.8. The van der Waals surface area contributed by atoms with Crippen LogP contribution in [-0.2, 0) is 66.8 Å². The molecule has 0 unspecified atom stereocenters. The van der Waals surface area contributed by atoms with Gasteiger partial charge in [0, 0.05) is 43.8 Å². The van der Waals surface area contributed by atoms with Crippen LogP contribution in [0.3, 0.4) is 0 Å². The van der Waals surface area contributed by atoms with Gasteiger partial charge in [0.1, 0.15) is 34.5 Å². The number of nitro benzene ring substituents is 1. The molecular formula is C127H102F6NO6S7+5. The van der Waals surface area contributed by atoms with Gasteiger partial charge in [-0.25, -0.2) is 0 Å². The Labute approximate surface area is 878 Å². The Morgan fingerprint density at radius 1 is 0.238 bits per heavy atom. The fourth-order valence-corrected chi connectivity index (χ4v) is 28.4. The van der Waals surface area contributed by atoms with Crippen molar-refractivity contribution in [2.45, 2.75) is 140 Å². The van der Waals surface area contributed by atoms with Crippen molar-refractivity contribution in [1.82, 2.24) is 0 Å². The van der Waals surface area contributed by atoms with Gasteiger partial charge in [-0.15, -0.1) is 0 Å². The Bertz CT molecular complexity index is 7430. The number of phenolic OH excluding ortho intramolecular Hbond substituents is 1. The predicted molar refractivity (Wildman–Crippen MR) is 590 cm³/mol. The molecule has 0 amide bonds. The lowest BCUT2D eigenvalue weighted by atomic mass is 10.2. The number of hydrogen-bond donors (Lipinski definition) is 1. The average Bonchev–Trinajstić information content (AvgIpc) is 0.786. The third-order valence-corrected chi connectivity index (χ3v) is 36.3. The second kappa shape index (κ2) is 51.2. The maximum atomic E-state index is 13.3. The van der Waals surface area contributed by atoms with E-state index in [2.05, 4.69) is 317 Å². The van der Waals surface area contributed by atoms with E-state index in [9.17, 15) is 41.6 Å². The fourth-order valence-electron chi connectivity index (χ4n) is 15.7. The Kier molecular flexibility index (Phi) is 36.5. The zero-order valence-electron chi connectivity index (χ0n) is 80.7. The van der Waals surface area contributed by atoms with Gasteiger partial charge in [-0.05, 0) is 335 Å². The third kappa shape index (κ3) is 28.6. The molecule has 730 valence electrons. The van der Waals surface area contributed by atoms with Gasteiger partial charge in [-0.3, -0.25) is 10.1 Å². The van der Waals surface area contributed by atoms with Crippen LogP contribution in [0.15, 0.2) is 615 Å². The molecule has 0 bridgehead atoms. The van der Waals surface area contributed by atoms with E-state index in [1.54, 1.807) is 48.2 Å². The van der Waals surface area contributed by atoms with E-state index in [0.717, 1.165) is 71.5 Å². The van der Waals surface area contributed by atoms with Crippen molar-refractivity contribution < 1.29 is 50.6 Å². The van der Waals surface area contributed by atoms with Crippen LogP contribution >= 0.6 is 23.5 Å². The number of para-hydroxylation sites is 4. The van der Waals surface area contributed by atoms with E-state index in [1.807, 2.05) is 148 Å². The van der Waals surface area contributed by atoms with Gasteiger partial charge in [0.15, 0.2) is 73.4 Å². The van der Waals surface area contributed by atoms with Crippen LogP contribution in [-0.4, -0.2) is 10.0 Å². The van der Waals surface area contributed by atoms with Gasteiger partial charge in [-0.2, -0.15) is 26.3 Å². The molecule has 1 N–H and O–H groups in total. The smallest absolute Gasteiger partial charge is 0.419 e. The van der Waals surface area contributed by atoms with Crippen molar-refractivity contribution in [2.75, 3.05) is 0 Å². The molecule has 20 aromatic rings. The maximum absolute atomic E-state index is 13.3. The number of aromatic hydroxyl groups is 1. The van der Waals surface area contributed by atoms with Crippen molar-refractivity contribution in [3.8, 4) is 40.2 Å². The molecule has 0 aliphatic heterocycles. The highest BCUT2D eigenvalue weighted by Crippen LogP contribution is 2.46. The quantitative estimate of drug-likeness (QED) is 0.0248. The minimum Gasteiger partial charge on any atom is -0.508 e. The molecule has 0 saturated carbocycles. The number of hydrogen-bond acceptors (Lipinski definition) is 8. The van der Waals surface area contributed by atoms with Crippen molar-refractivity contribution in [3.05, 3.63) is 571 Å². The van der Waals surface area contributed by atoms with Gasteiger partial charge in [0.2, 0.25) is 5.75 Å². The van der Waals surface area contributed by atoms with Gasteiger partial charge in [0.25, 0.3) is 0 Å². The topological polar surface area (TPSA) is 91.1 Å². The standard InChI is InChI=1S/C26H20F3OS.C26H20F3S2.C25H20NO3S.C25H20OS2.C25H21OS/c1-19-18-22(31(20-10-4-2-5-11-20)21-12-6-3-7-13-21)16-17-24(19)30-25-15-9-8-14-23(25)26(27,28)29;1-19-18-24(31(22-8-4-2-5-9-22)23-10-6-3-7-11-23)16-17-25(19)30-21-14-12-20(13-15-21)26(27,28)29;1-19-18-22(16-17-24(19)29-25-15-9-8-14-23(25)26(27)28)30(20-10-4-2-5-11-20)21-12-6-3-7-13-21;1-19-18-24(16-17-25(19)27-21-14-12-20(26)13-15-21)28(22-8-4-2-5-9-22)23-10-6-3-7-11-23;1-20-19-24(17-18-25(20)26-21-11-5-2-6-12-21)27(22-13-7-3-8-14-22)23-15-9-4-10-16-23/h2*2-18H,1H3;2-18H,1H3;2-18H,1H3;2-19H,1H3/q3*+1;;+1/p+1. The summed E-state index contributed by atoms with van der Waals surface area (Å²) in [4.78, 5) is 33.7. The average molecular weight is 2080 g/mol. The number of ether oxygens (including phenoxy) is 3. The van der Waals surface area contributed by atoms with Gasteiger partial charge in [0.05, 0.1) is 70.5 Å². The summed E-state index contributed by atoms with van der Waals surface area (Å²) in [5.74, 6) is 3.11. The van der Waals surface area contributed by atoms with Gasteiger partial charge >= 0.3 is 18.0 Å². The summed E-state index contributed by atoms with van der Waals surface area (Å²) >= 11 is 3.21.